The molecule has 0 bridgehead atoms. The van der Waals surface area contributed by atoms with E-state index in [4.69, 9.17) is 17.0 Å². The van der Waals surface area contributed by atoms with Crippen LogP contribution in [0.2, 0.25) is 0 Å². The molecule has 0 aliphatic heterocycles. The van der Waals surface area contributed by atoms with E-state index in [1.165, 1.54) is 4.90 Å². The van der Waals surface area contributed by atoms with Crippen LogP contribution >= 0.6 is 12.2 Å². The molecule has 0 fully saturated rings. The number of rotatable bonds is 6. The largest absolute Gasteiger partial charge is 0.484 e. The molecule has 22 heavy (non-hydrogen) atoms. The minimum absolute atomic E-state index is 0.0257. The number of likely N-dealkylation sites (N-methyl/N-ethyl adjacent to an activating group) is 1. The molecule has 0 unspecified atom stereocenters. The standard InChI is InChI=1S/C15H22N4O2S/c1-5-16-15(22)18-17-11(2)12-6-8-13(9-7-12)21-10-14(20)19(3)4/h6-9H,5,10H2,1-4H3,(H2,16,18,22)/b17-11-. The monoisotopic (exact) mass is 322 g/mol. The lowest BCUT2D eigenvalue weighted by atomic mass is 10.1. The average molecular weight is 322 g/mol. The third-order valence-corrected chi connectivity index (χ3v) is 3.03. The van der Waals surface area contributed by atoms with Crippen molar-refractivity contribution >= 4 is 28.9 Å². The average Bonchev–Trinajstić information content (AvgIpc) is 2.51. The number of hydrogen-bond acceptors (Lipinski definition) is 4. The molecule has 1 aromatic carbocycles. The van der Waals surface area contributed by atoms with E-state index in [-0.39, 0.29) is 12.5 Å². The second kappa shape index (κ2) is 8.99. The lowest BCUT2D eigenvalue weighted by molar-refractivity contribution is -0.130. The zero-order chi connectivity index (χ0) is 16.5. The van der Waals surface area contributed by atoms with Gasteiger partial charge >= 0.3 is 0 Å². The van der Waals surface area contributed by atoms with Gasteiger partial charge < -0.3 is 15.0 Å². The normalized spacial score (nSPS) is 10.8. The highest BCUT2D eigenvalue weighted by atomic mass is 32.1. The fraction of sp³-hybridized carbons (Fsp3) is 0.400. The number of nitrogens with zero attached hydrogens (tertiary/aromatic N) is 2. The number of thiocarbonyl (C=S) groups is 1. The number of hydrazone groups is 1. The molecule has 0 aliphatic carbocycles. The van der Waals surface area contributed by atoms with Crippen LogP contribution in [0.4, 0.5) is 0 Å². The number of hydrogen-bond donors (Lipinski definition) is 2. The molecule has 0 saturated carbocycles. The highest BCUT2D eigenvalue weighted by Gasteiger charge is 2.05. The number of carbonyl (C=O) groups excluding carboxylic acids is 1. The highest BCUT2D eigenvalue weighted by molar-refractivity contribution is 7.80. The summed E-state index contributed by atoms with van der Waals surface area (Å²) in [6.07, 6.45) is 0. The zero-order valence-corrected chi connectivity index (χ0v) is 14.2. The number of amides is 1. The maximum absolute atomic E-state index is 11.4. The van der Waals surface area contributed by atoms with Gasteiger partial charge in [-0.05, 0) is 55.9 Å². The van der Waals surface area contributed by atoms with Gasteiger partial charge in [-0.25, -0.2) is 0 Å². The van der Waals surface area contributed by atoms with Crippen molar-refractivity contribution in [3.8, 4) is 5.75 Å². The van der Waals surface area contributed by atoms with Crippen LogP contribution in [0.25, 0.3) is 0 Å². The lowest BCUT2D eigenvalue weighted by Crippen LogP contribution is -2.32. The van der Waals surface area contributed by atoms with Gasteiger partial charge in [0.15, 0.2) is 11.7 Å². The summed E-state index contributed by atoms with van der Waals surface area (Å²) in [6.45, 7) is 4.62. The van der Waals surface area contributed by atoms with Crippen LogP contribution in [0.5, 0.6) is 5.75 Å². The van der Waals surface area contributed by atoms with E-state index in [1.54, 1.807) is 26.2 Å². The summed E-state index contributed by atoms with van der Waals surface area (Å²) in [5.41, 5.74) is 4.52. The predicted octanol–water partition coefficient (Wildman–Crippen LogP) is 1.36. The summed E-state index contributed by atoms with van der Waals surface area (Å²) in [5, 5.41) is 7.65. The van der Waals surface area contributed by atoms with E-state index in [2.05, 4.69) is 15.8 Å². The summed E-state index contributed by atoms with van der Waals surface area (Å²) >= 11 is 5.04. The topological polar surface area (TPSA) is 66.0 Å². The first-order valence-corrected chi connectivity index (χ1v) is 7.36. The Bertz CT molecular complexity index is 541. The number of benzene rings is 1. The minimum atomic E-state index is -0.0806. The number of carbonyl (C=O) groups is 1. The van der Waals surface area contributed by atoms with Gasteiger partial charge in [-0.3, -0.25) is 10.2 Å². The number of nitrogens with one attached hydrogen (secondary N) is 2. The van der Waals surface area contributed by atoms with Gasteiger partial charge in [0.1, 0.15) is 5.75 Å². The van der Waals surface area contributed by atoms with Crippen LogP contribution < -0.4 is 15.5 Å². The molecule has 1 rings (SSSR count). The first kappa shape index (κ1) is 17.9. The molecule has 6 nitrogen and oxygen atoms in total. The maximum atomic E-state index is 11.4. The Balaban J connectivity index is 2.58. The maximum Gasteiger partial charge on any atom is 0.259 e. The Morgan fingerprint density at radius 3 is 2.50 bits per heavy atom. The molecule has 0 heterocycles. The van der Waals surface area contributed by atoms with E-state index in [0.717, 1.165) is 17.8 Å². The van der Waals surface area contributed by atoms with Gasteiger partial charge in [0.2, 0.25) is 0 Å². The van der Waals surface area contributed by atoms with E-state index < -0.39 is 0 Å². The highest BCUT2D eigenvalue weighted by Crippen LogP contribution is 2.12. The summed E-state index contributed by atoms with van der Waals surface area (Å²) in [5.74, 6) is 0.561. The molecule has 2 N–H and O–H groups in total. The Morgan fingerprint density at radius 2 is 1.95 bits per heavy atom. The molecule has 0 spiro atoms. The smallest absolute Gasteiger partial charge is 0.259 e. The first-order chi connectivity index (χ1) is 10.4. The lowest BCUT2D eigenvalue weighted by Gasteiger charge is -2.11. The molecule has 0 aromatic heterocycles. The van der Waals surface area contributed by atoms with Gasteiger partial charge in [0.05, 0.1) is 5.71 Å². The van der Waals surface area contributed by atoms with Crippen molar-refractivity contribution in [1.29, 1.82) is 0 Å². The zero-order valence-electron chi connectivity index (χ0n) is 13.3. The fourth-order valence-electron chi connectivity index (χ4n) is 1.47. The van der Waals surface area contributed by atoms with E-state index in [0.29, 0.717) is 10.9 Å². The molecular formula is C15H22N4O2S. The quantitative estimate of drug-likeness (QED) is 0.470. The third kappa shape index (κ3) is 6.09. The van der Waals surface area contributed by atoms with Crippen LogP contribution in [0.1, 0.15) is 19.4 Å². The molecule has 0 radical (unpaired) electrons. The van der Waals surface area contributed by atoms with E-state index >= 15 is 0 Å². The van der Waals surface area contributed by atoms with Crippen molar-refractivity contribution in [3.63, 3.8) is 0 Å². The Hall–Kier alpha value is -2.15. The van der Waals surface area contributed by atoms with Gasteiger partial charge in [-0.1, -0.05) is 0 Å². The first-order valence-electron chi connectivity index (χ1n) is 6.95. The Morgan fingerprint density at radius 1 is 1.32 bits per heavy atom. The van der Waals surface area contributed by atoms with Crippen LogP contribution in [-0.2, 0) is 4.79 Å². The van der Waals surface area contributed by atoms with Crippen molar-refractivity contribution in [1.82, 2.24) is 15.6 Å². The van der Waals surface area contributed by atoms with Gasteiger partial charge in [0.25, 0.3) is 5.91 Å². The van der Waals surface area contributed by atoms with Gasteiger partial charge in [-0.15, -0.1) is 0 Å². The molecule has 0 aliphatic rings. The molecule has 1 amide bonds. The summed E-state index contributed by atoms with van der Waals surface area (Å²) in [4.78, 5) is 12.9. The van der Waals surface area contributed by atoms with Crippen molar-refractivity contribution in [2.45, 2.75) is 13.8 Å². The third-order valence-electron chi connectivity index (χ3n) is 2.80. The van der Waals surface area contributed by atoms with Gasteiger partial charge in [-0.2, -0.15) is 5.10 Å². The summed E-state index contributed by atoms with van der Waals surface area (Å²) in [6, 6.07) is 7.37. The summed E-state index contributed by atoms with van der Waals surface area (Å²) < 4.78 is 5.42. The van der Waals surface area contributed by atoms with Crippen LogP contribution in [0.15, 0.2) is 29.4 Å². The van der Waals surface area contributed by atoms with E-state index in [9.17, 15) is 4.79 Å². The molecule has 0 saturated heterocycles. The fourth-order valence-corrected chi connectivity index (χ4v) is 1.66. The predicted molar refractivity (Wildman–Crippen MR) is 92.3 cm³/mol. The van der Waals surface area contributed by atoms with Crippen molar-refractivity contribution in [2.24, 2.45) is 5.10 Å². The second-order valence-electron chi connectivity index (χ2n) is 4.77. The minimum Gasteiger partial charge on any atom is -0.484 e. The molecule has 120 valence electrons. The molecular weight excluding hydrogens is 300 g/mol. The Kier molecular flexibility index (Phi) is 7.31. The van der Waals surface area contributed by atoms with Crippen molar-refractivity contribution < 1.29 is 9.53 Å². The molecule has 1 aromatic rings. The van der Waals surface area contributed by atoms with Crippen LogP contribution in [-0.4, -0.2) is 48.9 Å². The van der Waals surface area contributed by atoms with E-state index in [1.807, 2.05) is 26.0 Å². The van der Waals surface area contributed by atoms with Crippen molar-refractivity contribution in [2.75, 3.05) is 27.2 Å². The van der Waals surface area contributed by atoms with Crippen LogP contribution in [0.3, 0.4) is 0 Å². The molecule has 7 heteroatoms. The van der Waals surface area contributed by atoms with Gasteiger partial charge in [0, 0.05) is 20.6 Å². The van der Waals surface area contributed by atoms with Crippen LogP contribution in [0, 0.1) is 0 Å². The van der Waals surface area contributed by atoms with Crippen molar-refractivity contribution in [3.05, 3.63) is 29.8 Å². The Labute approximate surface area is 136 Å². The molecule has 0 atom stereocenters. The SMILES string of the molecule is CCNC(=S)N/N=C(/C)c1ccc(OCC(=O)N(C)C)cc1. The number of ether oxygens (including phenoxy) is 1. The second-order valence-corrected chi connectivity index (χ2v) is 5.18. The summed E-state index contributed by atoms with van der Waals surface area (Å²) in [7, 11) is 3.39.